The van der Waals surface area contributed by atoms with Gasteiger partial charge in [-0.2, -0.15) is 0 Å². The first kappa shape index (κ1) is 23.2. The molecule has 1 heterocycles. The van der Waals surface area contributed by atoms with Gasteiger partial charge < -0.3 is 24.6 Å². The van der Waals surface area contributed by atoms with Gasteiger partial charge in [0.25, 0.3) is 5.69 Å². The van der Waals surface area contributed by atoms with Gasteiger partial charge in [0.05, 0.1) is 12.0 Å². The highest BCUT2D eigenvalue weighted by Crippen LogP contribution is 2.31. The van der Waals surface area contributed by atoms with Crippen LogP contribution in [0.5, 0.6) is 5.75 Å². The highest BCUT2D eigenvalue weighted by Gasteiger charge is 2.26. The van der Waals surface area contributed by atoms with Gasteiger partial charge in [-0.25, -0.2) is 4.79 Å². The minimum Gasteiger partial charge on any atom is -0.497 e. The smallest absolute Gasteiger partial charge is 0.410 e. The molecule has 1 amide bonds. The van der Waals surface area contributed by atoms with E-state index in [0.717, 1.165) is 17.0 Å². The predicted molar refractivity (Wildman–Crippen MR) is 123 cm³/mol. The van der Waals surface area contributed by atoms with Crippen LogP contribution in [0.4, 0.5) is 21.9 Å². The highest BCUT2D eigenvalue weighted by molar-refractivity contribution is 5.71. The van der Waals surface area contributed by atoms with Crippen LogP contribution in [0.3, 0.4) is 0 Å². The lowest BCUT2D eigenvalue weighted by atomic mass is 10.1. The molecule has 0 saturated carbocycles. The lowest BCUT2D eigenvalue weighted by Gasteiger charge is -2.36. The number of nitrogens with zero attached hydrogens (tertiary/aromatic N) is 3. The number of nitro groups is 1. The normalized spacial score (nSPS) is 14.1. The quantitative estimate of drug-likeness (QED) is 0.527. The van der Waals surface area contributed by atoms with Gasteiger partial charge in [-0.1, -0.05) is 12.1 Å². The van der Waals surface area contributed by atoms with Gasteiger partial charge in [0.1, 0.15) is 17.0 Å². The molecule has 1 fully saturated rings. The molecule has 1 saturated heterocycles. The van der Waals surface area contributed by atoms with E-state index in [1.54, 1.807) is 24.1 Å². The van der Waals surface area contributed by atoms with Crippen molar-refractivity contribution in [3.63, 3.8) is 0 Å². The topological polar surface area (TPSA) is 97.2 Å². The van der Waals surface area contributed by atoms with Gasteiger partial charge in [0.15, 0.2) is 0 Å². The maximum absolute atomic E-state index is 12.3. The monoisotopic (exact) mass is 442 g/mol. The van der Waals surface area contributed by atoms with Crippen LogP contribution in [-0.2, 0) is 11.3 Å². The molecule has 0 bridgehead atoms. The molecule has 0 atom stereocenters. The molecule has 0 spiro atoms. The number of amides is 1. The van der Waals surface area contributed by atoms with Crippen LogP contribution in [0.1, 0.15) is 26.3 Å². The van der Waals surface area contributed by atoms with Crippen molar-refractivity contribution in [2.75, 3.05) is 43.5 Å². The van der Waals surface area contributed by atoms with Crippen molar-refractivity contribution in [1.82, 2.24) is 4.90 Å². The van der Waals surface area contributed by atoms with E-state index in [0.29, 0.717) is 38.4 Å². The summed E-state index contributed by atoms with van der Waals surface area (Å²) in [7, 11) is 1.61. The van der Waals surface area contributed by atoms with Crippen molar-refractivity contribution in [3.8, 4) is 5.75 Å². The molecule has 0 aliphatic carbocycles. The van der Waals surface area contributed by atoms with Crippen LogP contribution in [-0.4, -0.2) is 54.8 Å². The third-order valence-electron chi connectivity index (χ3n) is 5.12. The van der Waals surface area contributed by atoms with E-state index in [1.165, 1.54) is 6.07 Å². The largest absolute Gasteiger partial charge is 0.497 e. The average Bonchev–Trinajstić information content (AvgIpc) is 2.76. The van der Waals surface area contributed by atoms with Gasteiger partial charge >= 0.3 is 6.09 Å². The van der Waals surface area contributed by atoms with Gasteiger partial charge in [0, 0.05) is 44.5 Å². The molecular formula is C23H30N4O5. The Morgan fingerprint density at radius 3 is 2.31 bits per heavy atom. The SMILES string of the molecule is COc1ccc(CNc2cc(N3CCN(C(=O)OC(C)(C)C)CC3)ccc2[N+](=O)[O-])cc1. The van der Waals surface area contributed by atoms with Crippen LogP contribution in [0.25, 0.3) is 0 Å². The lowest BCUT2D eigenvalue weighted by Crippen LogP contribution is -2.50. The van der Waals surface area contributed by atoms with E-state index in [4.69, 9.17) is 9.47 Å². The first-order chi connectivity index (χ1) is 15.2. The fraction of sp³-hybridized carbons (Fsp3) is 0.435. The number of nitro benzene ring substituents is 1. The van der Waals surface area contributed by atoms with E-state index in [-0.39, 0.29) is 16.7 Å². The molecule has 9 heteroatoms. The van der Waals surface area contributed by atoms with Crippen molar-refractivity contribution in [3.05, 3.63) is 58.1 Å². The second-order valence-electron chi connectivity index (χ2n) is 8.61. The third kappa shape index (κ3) is 6.03. The lowest BCUT2D eigenvalue weighted by molar-refractivity contribution is -0.384. The highest BCUT2D eigenvalue weighted by atomic mass is 16.6. The van der Waals surface area contributed by atoms with Crippen LogP contribution < -0.4 is 15.0 Å². The number of benzene rings is 2. The molecule has 0 radical (unpaired) electrons. The molecule has 1 N–H and O–H groups in total. The zero-order chi connectivity index (χ0) is 23.3. The molecule has 2 aromatic carbocycles. The summed E-state index contributed by atoms with van der Waals surface area (Å²) in [6.45, 7) is 8.28. The first-order valence-corrected chi connectivity index (χ1v) is 10.5. The summed E-state index contributed by atoms with van der Waals surface area (Å²) >= 11 is 0. The Bertz CT molecular complexity index is 948. The number of ether oxygens (including phenoxy) is 2. The van der Waals surface area contributed by atoms with E-state index < -0.39 is 5.60 Å². The average molecular weight is 443 g/mol. The van der Waals surface area contributed by atoms with Crippen molar-refractivity contribution in [2.24, 2.45) is 0 Å². The Hall–Kier alpha value is -3.49. The number of carbonyl (C=O) groups is 1. The van der Waals surface area contributed by atoms with Gasteiger partial charge in [-0.05, 0) is 50.6 Å². The molecule has 9 nitrogen and oxygen atoms in total. The van der Waals surface area contributed by atoms with Crippen LogP contribution >= 0.6 is 0 Å². The van der Waals surface area contributed by atoms with E-state index >= 15 is 0 Å². The molecular weight excluding hydrogens is 412 g/mol. The maximum Gasteiger partial charge on any atom is 0.410 e. The summed E-state index contributed by atoms with van der Waals surface area (Å²) < 4.78 is 10.6. The predicted octanol–water partition coefficient (Wildman–Crippen LogP) is 4.27. The van der Waals surface area contributed by atoms with Crippen LogP contribution in [0.15, 0.2) is 42.5 Å². The van der Waals surface area contributed by atoms with Crippen LogP contribution in [0.2, 0.25) is 0 Å². The van der Waals surface area contributed by atoms with Gasteiger partial charge in [0.2, 0.25) is 0 Å². The van der Waals surface area contributed by atoms with Crippen LogP contribution in [0, 0.1) is 10.1 Å². The summed E-state index contributed by atoms with van der Waals surface area (Å²) in [5.41, 5.74) is 1.80. The zero-order valence-corrected chi connectivity index (χ0v) is 19.0. The fourth-order valence-electron chi connectivity index (χ4n) is 3.44. The number of hydrogen-bond donors (Lipinski definition) is 1. The van der Waals surface area contributed by atoms with Gasteiger partial charge in [-0.15, -0.1) is 0 Å². The Morgan fingerprint density at radius 1 is 1.09 bits per heavy atom. The Balaban J connectivity index is 1.67. The Morgan fingerprint density at radius 2 is 1.75 bits per heavy atom. The number of anilines is 2. The van der Waals surface area contributed by atoms with Crippen molar-refractivity contribution < 1.29 is 19.2 Å². The summed E-state index contributed by atoms with van der Waals surface area (Å²) in [6, 6.07) is 12.6. The Kier molecular flexibility index (Phi) is 7.07. The minimum atomic E-state index is -0.531. The summed E-state index contributed by atoms with van der Waals surface area (Å²) in [5, 5.41) is 14.7. The van der Waals surface area contributed by atoms with Crippen molar-refractivity contribution in [2.45, 2.75) is 32.9 Å². The van der Waals surface area contributed by atoms with Crippen molar-refractivity contribution in [1.29, 1.82) is 0 Å². The number of nitrogens with one attached hydrogen (secondary N) is 1. The molecule has 1 aliphatic rings. The first-order valence-electron chi connectivity index (χ1n) is 10.5. The zero-order valence-electron chi connectivity index (χ0n) is 19.0. The second kappa shape index (κ2) is 9.76. The standard InChI is InChI=1S/C23H30N4O5/c1-23(2,3)32-22(28)26-13-11-25(12-14-26)18-7-10-21(27(29)30)20(15-18)24-16-17-5-8-19(31-4)9-6-17/h5-10,15,24H,11-14,16H2,1-4H3. The van der Waals surface area contributed by atoms with E-state index in [1.807, 2.05) is 45.0 Å². The molecule has 0 aromatic heterocycles. The summed E-state index contributed by atoms with van der Waals surface area (Å²) in [4.78, 5) is 27.2. The van der Waals surface area contributed by atoms with Crippen molar-refractivity contribution >= 4 is 23.2 Å². The van der Waals surface area contributed by atoms with E-state index in [9.17, 15) is 14.9 Å². The molecule has 3 rings (SSSR count). The number of rotatable bonds is 6. The molecule has 1 aliphatic heterocycles. The molecule has 0 unspecified atom stereocenters. The molecule has 172 valence electrons. The number of hydrogen-bond acceptors (Lipinski definition) is 7. The van der Waals surface area contributed by atoms with E-state index in [2.05, 4.69) is 10.2 Å². The third-order valence-corrected chi connectivity index (χ3v) is 5.12. The second-order valence-corrected chi connectivity index (χ2v) is 8.61. The molecule has 2 aromatic rings. The summed E-state index contributed by atoms with van der Waals surface area (Å²) in [5.74, 6) is 0.757. The fourth-order valence-corrected chi connectivity index (χ4v) is 3.44. The molecule has 32 heavy (non-hydrogen) atoms. The Labute approximate surface area is 188 Å². The number of piperazine rings is 1. The maximum atomic E-state index is 12.3. The minimum absolute atomic E-state index is 0.0228. The summed E-state index contributed by atoms with van der Waals surface area (Å²) in [6.07, 6.45) is -0.317. The number of carbonyl (C=O) groups excluding carboxylic acids is 1. The van der Waals surface area contributed by atoms with Gasteiger partial charge in [-0.3, -0.25) is 10.1 Å². The number of methoxy groups -OCH3 is 1.